The molecular formula is C15H24N2O2. The highest BCUT2D eigenvalue weighted by Gasteiger charge is 2.06. The van der Waals surface area contributed by atoms with Gasteiger partial charge in [-0.15, -0.1) is 0 Å². The minimum atomic E-state index is 0.180. The number of carbonyl (C=O) groups excluding carboxylic acids is 1. The third kappa shape index (κ3) is 5.30. The van der Waals surface area contributed by atoms with Gasteiger partial charge in [0, 0.05) is 26.6 Å². The Bertz CT molecular complexity index is 388. The van der Waals surface area contributed by atoms with Gasteiger partial charge < -0.3 is 15.0 Å². The van der Waals surface area contributed by atoms with E-state index in [1.165, 1.54) is 5.56 Å². The Hall–Kier alpha value is -1.55. The lowest BCUT2D eigenvalue weighted by Crippen LogP contribution is -2.24. The SMILES string of the molecule is COc1ccc([C@@H](C)NCCCC(=O)N(C)C)cc1. The van der Waals surface area contributed by atoms with E-state index in [0.717, 1.165) is 18.7 Å². The highest BCUT2D eigenvalue weighted by Crippen LogP contribution is 2.17. The summed E-state index contributed by atoms with van der Waals surface area (Å²) in [5.74, 6) is 1.05. The van der Waals surface area contributed by atoms with Crippen molar-refractivity contribution in [3.63, 3.8) is 0 Å². The van der Waals surface area contributed by atoms with Crippen LogP contribution in [0, 0.1) is 0 Å². The monoisotopic (exact) mass is 264 g/mol. The molecule has 1 amide bonds. The van der Waals surface area contributed by atoms with Crippen molar-refractivity contribution in [3.05, 3.63) is 29.8 Å². The molecule has 1 N–H and O–H groups in total. The molecular weight excluding hydrogens is 240 g/mol. The molecule has 0 saturated heterocycles. The van der Waals surface area contributed by atoms with Crippen molar-refractivity contribution in [2.45, 2.75) is 25.8 Å². The van der Waals surface area contributed by atoms with Gasteiger partial charge in [-0.1, -0.05) is 12.1 Å². The fourth-order valence-electron chi connectivity index (χ4n) is 1.79. The largest absolute Gasteiger partial charge is 0.497 e. The average molecular weight is 264 g/mol. The number of methoxy groups -OCH3 is 1. The fourth-order valence-corrected chi connectivity index (χ4v) is 1.79. The van der Waals surface area contributed by atoms with E-state index in [0.29, 0.717) is 6.42 Å². The summed E-state index contributed by atoms with van der Waals surface area (Å²) in [6.07, 6.45) is 1.45. The van der Waals surface area contributed by atoms with E-state index in [1.807, 2.05) is 12.1 Å². The first-order chi connectivity index (χ1) is 9.04. The lowest BCUT2D eigenvalue weighted by atomic mass is 10.1. The van der Waals surface area contributed by atoms with Crippen LogP contribution in [0.3, 0.4) is 0 Å². The van der Waals surface area contributed by atoms with Crippen molar-refractivity contribution in [2.24, 2.45) is 0 Å². The minimum absolute atomic E-state index is 0.180. The number of nitrogens with zero attached hydrogens (tertiary/aromatic N) is 1. The van der Waals surface area contributed by atoms with Crippen molar-refractivity contribution in [2.75, 3.05) is 27.7 Å². The van der Waals surface area contributed by atoms with Crippen LogP contribution in [0.4, 0.5) is 0 Å². The van der Waals surface area contributed by atoms with Crippen molar-refractivity contribution < 1.29 is 9.53 Å². The number of benzene rings is 1. The third-order valence-corrected chi connectivity index (χ3v) is 3.13. The summed E-state index contributed by atoms with van der Waals surface area (Å²) in [6, 6.07) is 8.31. The normalized spacial score (nSPS) is 12.0. The minimum Gasteiger partial charge on any atom is -0.497 e. The number of nitrogens with one attached hydrogen (secondary N) is 1. The van der Waals surface area contributed by atoms with E-state index in [4.69, 9.17) is 4.74 Å². The number of ether oxygens (including phenoxy) is 1. The second kappa shape index (κ2) is 7.79. The maximum absolute atomic E-state index is 11.4. The summed E-state index contributed by atoms with van der Waals surface area (Å²) < 4.78 is 5.13. The first-order valence-corrected chi connectivity index (χ1v) is 6.62. The van der Waals surface area contributed by atoms with Crippen molar-refractivity contribution in [3.8, 4) is 5.75 Å². The molecule has 0 aliphatic rings. The van der Waals surface area contributed by atoms with Crippen molar-refractivity contribution in [1.82, 2.24) is 10.2 Å². The quantitative estimate of drug-likeness (QED) is 0.768. The number of amides is 1. The molecule has 0 radical (unpaired) electrons. The number of carbonyl (C=O) groups is 1. The molecule has 1 atom stereocenters. The Morgan fingerprint density at radius 2 is 1.95 bits per heavy atom. The van der Waals surface area contributed by atoms with Crippen LogP contribution in [0.2, 0.25) is 0 Å². The van der Waals surface area contributed by atoms with Gasteiger partial charge in [-0.3, -0.25) is 4.79 Å². The predicted molar refractivity (Wildman–Crippen MR) is 77.3 cm³/mol. The molecule has 1 aromatic rings. The Labute approximate surface area is 115 Å². The van der Waals surface area contributed by atoms with Gasteiger partial charge in [-0.05, 0) is 37.6 Å². The molecule has 0 spiro atoms. The van der Waals surface area contributed by atoms with Gasteiger partial charge in [-0.2, -0.15) is 0 Å². The molecule has 0 bridgehead atoms. The lowest BCUT2D eigenvalue weighted by molar-refractivity contribution is -0.128. The second-order valence-corrected chi connectivity index (χ2v) is 4.84. The van der Waals surface area contributed by atoms with Crippen molar-refractivity contribution in [1.29, 1.82) is 0 Å². The summed E-state index contributed by atoms with van der Waals surface area (Å²) >= 11 is 0. The van der Waals surface area contributed by atoms with Gasteiger partial charge in [0.15, 0.2) is 0 Å². The molecule has 106 valence electrons. The van der Waals surface area contributed by atoms with Crippen molar-refractivity contribution >= 4 is 5.91 Å². The van der Waals surface area contributed by atoms with E-state index in [1.54, 1.807) is 26.1 Å². The standard InChI is InChI=1S/C15H24N2O2/c1-12(13-7-9-14(19-4)10-8-13)16-11-5-6-15(18)17(2)3/h7-10,12,16H,5-6,11H2,1-4H3/t12-/m1/s1. The van der Waals surface area contributed by atoms with E-state index < -0.39 is 0 Å². The summed E-state index contributed by atoms with van der Waals surface area (Å²) in [6.45, 7) is 2.96. The van der Waals surface area contributed by atoms with Crippen LogP contribution in [0.1, 0.15) is 31.4 Å². The molecule has 0 aromatic heterocycles. The van der Waals surface area contributed by atoms with Crippen LogP contribution in [0.15, 0.2) is 24.3 Å². The van der Waals surface area contributed by atoms with Crippen LogP contribution in [0.5, 0.6) is 5.75 Å². The summed E-state index contributed by atoms with van der Waals surface area (Å²) in [4.78, 5) is 13.0. The summed E-state index contributed by atoms with van der Waals surface area (Å²) in [5, 5.41) is 3.42. The zero-order chi connectivity index (χ0) is 14.3. The summed E-state index contributed by atoms with van der Waals surface area (Å²) in [7, 11) is 5.24. The van der Waals surface area contributed by atoms with Gasteiger partial charge in [-0.25, -0.2) is 0 Å². The molecule has 4 nitrogen and oxygen atoms in total. The van der Waals surface area contributed by atoms with E-state index in [2.05, 4.69) is 24.4 Å². The Morgan fingerprint density at radius 3 is 2.47 bits per heavy atom. The number of rotatable bonds is 7. The zero-order valence-electron chi connectivity index (χ0n) is 12.3. The van der Waals surface area contributed by atoms with Gasteiger partial charge in [0.05, 0.1) is 7.11 Å². The van der Waals surface area contributed by atoms with Crippen LogP contribution >= 0.6 is 0 Å². The maximum Gasteiger partial charge on any atom is 0.222 e. The molecule has 1 aromatic carbocycles. The first-order valence-electron chi connectivity index (χ1n) is 6.62. The molecule has 0 heterocycles. The Balaban J connectivity index is 2.30. The van der Waals surface area contributed by atoms with E-state index in [9.17, 15) is 4.79 Å². The highest BCUT2D eigenvalue weighted by molar-refractivity contribution is 5.75. The van der Waals surface area contributed by atoms with Gasteiger partial charge in [0.25, 0.3) is 0 Å². The molecule has 4 heteroatoms. The predicted octanol–water partition coefficient (Wildman–Crippen LogP) is 2.21. The first kappa shape index (κ1) is 15.5. The number of hydrogen-bond donors (Lipinski definition) is 1. The number of hydrogen-bond acceptors (Lipinski definition) is 3. The molecule has 0 saturated carbocycles. The molecule has 19 heavy (non-hydrogen) atoms. The van der Waals surface area contributed by atoms with Gasteiger partial charge in [0.1, 0.15) is 5.75 Å². The van der Waals surface area contributed by atoms with Crippen LogP contribution in [0.25, 0.3) is 0 Å². The highest BCUT2D eigenvalue weighted by atomic mass is 16.5. The maximum atomic E-state index is 11.4. The fraction of sp³-hybridized carbons (Fsp3) is 0.533. The van der Waals surface area contributed by atoms with Gasteiger partial charge in [0.2, 0.25) is 5.91 Å². The Morgan fingerprint density at radius 1 is 1.32 bits per heavy atom. The second-order valence-electron chi connectivity index (χ2n) is 4.84. The molecule has 0 aliphatic carbocycles. The van der Waals surface area contributed by atoms with Crippen LogP contribution in [-0.2, 0) is 4.79 Å². The lowest BCUT2D eigenvalue weighted by Gasteiger charge is -2.15. The van der Waals surface area contributed by atoms with Crippen LogP contribution < -0.4 is 10.1 Å². The van der Waals surface area contributed by atoms with Gasteiger partial charge >= 0.3 is 0 Å². The topological polar surface area (TPSA) is 41.6 Å². The van der Waals surface area contributed by atoms with Crippen LogP contribution in [-0.4, -0.2) is 38.6 Å². The smallest absolute Gasteiger partial charge is 0.222 e. The zero-order valence-corrected chi connectivity index (χ0v) is 12.3. The van der Waals surface area contributed by atoms with E-state index in [-0.39, 0.29) is 11.9 Å². The molecule has 0 unspecified atom stereocenters. The molecule has 0 aliphatic heterocycles. The third-order valence-electron chi connectivity index (χ3n) is 3.13. The summed E-state index contributed by atoms with van der Waals surface area (Å²) in [5.41, 5.74) is 1.22. The Kier molecular flexibility index (Phi) is 6.36. The molecule has 0 fully saturated rings. The average Bonchev–Trinajstić information content (AvgIpc) is 2.43. The molecule has 1 rings (SSSR count). The van der Waals surface area contributed by atoms with E-state index >= 15 is 0 Å².